The Kier molecular flexibility index (Phi) is 2.87. The van der Waals surface area contributed by atoms with Crippen molar-refractivity contribution >= 4 is 5.82 Å². The molecule has 2 rings (SSSR count). The van der Waals surface area contributed by atoms with Crippen LogP contribution in [0.15, 0.2) is 18.3 Å². The zero-order valence-corrected chi connectivity index (χ0v) is 7.84. The summed E-state index contributed by atoms with van der Waals surface area (Å²) < 4.78 is 0. The Morgan fingerprint density at radius 2 is 2.54 bits per heavy atom. The lowest BCUT2D eigenvalue weighted by Crippen LogP contribution is -2.24. The highest BCUT2D eigenvalue weighted by molar-refractivity contribution is 5.33. The predicted molar refractivity (Wildman–Crippen MR) is 54.9 cm³/mol. The van der Waals surface area contributed by atoms with Crippen LogP contribution in [0.4, 0.5) is 5.82 Å². The van der Waals surface area contributed by atoms with E-state index in [0.29, 0.717) is 0 Å². The first kappa shape index (κ1) is 8.63. The Balaban J connectivity index is 1.63. The smallest absolute Gasteiger partial charge is 0.103 e. The molecule has 0 aliphatic carbocycles. The van der Waals surface area contributed by atoms with Gasteiger partial charge >= 0.3 is 0 Å². The van der Waals surface area contributed by atoms with E-state index in [1.807, 2.05) is 12.3 Å². The summed E-state index contributed by atoms with van der Waals surface area (Å²) in [5, 5.41) is 6.84. The van der Waals surface area contributed by atoms with Crippen molar-refractivity contribution < 1.29 is 0 Å². The summed E-state index contributed by atoms with van der Waals surface area (Å²) in [6.45, 7) is 2.26. The number of anilines is 1. The lowest BCUT2D eigenvalue weighted by Gasteiger charge is -2.10. The van der Waals surface area contributed by atoms with Crippen molar-refractivity contribution in [3.05, 3.63) is 18.3 Å². The molecule has 1 aromatic rings. The molecule has 1 aliphatic heterocycles. The molecule has 13 heavy (non-hydrogen) atoms. The molecule has 1 unspecified atom stereocenters. The van der Waals surface area contributed by atoms with Gasteiger partial charge in [-0.3, -0.25) is 0 Å². The first-order valence-corrected chi connectivity index (χ1v) is 5.06. The van der Waals surface area contributed by atoms with E-state index in [1.165, 1.54) is 25.8 Å². The lowest BCUT2D eigenvalue weighted by atomic mass is 10.1. The van der Waals surface area contributed by atoms with E-state index in [2.05, 4.69) is 21.7 Å². The van der Waals surface area contributed by atoms with Crippen LogP contribution in [0.1, 0.15) is 19.3 Å². The van der Waals surface area contributed by atoms with Crippen molar-refractivity contribution in [2.24, 2.45) is 0 Å². The molecule has 3 N–H and O–H groups in total. The zero-order chi connectivity index (χ0) is 8.93. The van der Waals surface area contributed by atoms with E-state index in [4.69, 9.17) is 0 Å². The van der Waals surface area contributed by atoms with Crippen molar-refractivity contribution in [3.8, 4) is 0 Å². The van der Waals surface area contributed by atoms with E-state index in [0.717, 1.165) is 18.4 Å². The fraction of sp³-hybridized carbons (Fsp3) is 0.600. The fourth-order valence-electron chi connectivity index (χ4n) is 1.82. The summed E-state index contributed by atoms with van der Waals surface area (Å²) >= 11 is 0. The minimum atomic E-state index is 0.738. The van der Waals surface area contributed by atoms with Gasteiger partial charge in [0.2, 0.25) is 0 Å². The molecule has 0 spiro atoms. The van der Waals surface area contributed by atoms with Gasteiger partial charge in [-0.1, -0.05) is 0 Å². The first-order valence-electron chi connectivity index (χ1n) is 5.06. The van der Waals surface area contributed by atoms with Crippen LogP contribution in [-0.2, 0) is 0 Å². The highest BCUT2D eigenvalue weighted by atomic mass is 15.0. The molecule has 3 heteroatoms. The monoisotopic (exact) mass is 179 g/mol. The Bertz CT molecular complexity index is 224. The largest absolute Gasteiger partial charge is 0.372 e. The number of aromatic amines is 1. The molecule has 0 radical (unpaired) electrons. The number of hydrogen-bond acceptors (Lipinski definition) is 2. The number of hydrogen-bond donors (Lipinski definition) is 3. The van der Waals surface area contributed by atoms with E-state index < -0.39 is 0 Å². The number of rotatable bonds is 4. The van der Waals surface area contributed by atoms with E-state index in [9.17, 15) is 0 Å². The second-order valence-corrected chi connectivity index (χ2v) is 3.59. The summed E-state index contributed by atoms with van der Waals surface area (Å²) in [6, 6.07) is 4.81. The standard InChI is InChI=1S/C10H17N3/c1-3-9(11-6-1)5-8-13-10-4-2-7-12-10/h2,4,7,9,11-13H,1,3,5-6,8H2. The van der Waals surface area contributed by atoms with Gasteiger partial charge in [0.15, 0.2) is 0 Å². The maximum atomic E-state index is 3.49. The van der Waals surface area contributed by atoms with Crippen molar-refractivity contribution in [2.75, 3.05) is 18.4 Å². The topological polar surface area (TPSA) is 39.9 Å². The Hall–Kier alpha value is -0.960. The molecule has 1 aromatic heterocycles. The average Bonchev–Trinajstić information content (AvgIpc) is 2.75. The maximum Gasteiger partial charge on any atom is 0.103 e. The normalized spacial score (nSPS) is 22.0. The van der Waals surface area contributed by atoms with Crippen molar-refractivity contribution in [2.45, 2.75) is 25.3 Å². The lowest BCUT2D eigenvalue weighted by molar-refractivity contribution is 0.574. The third kappa shape index (κ3) is 2.49. The van der Waals surface area contributed by atoms with Gasteiger partial charge in [-0.2, -0.15) is 0 Å². The van der Waals surface area contributed by atoms with Crippen LogP contribution in [0.3, 0.4) is 0 Å². The van der Waals surface area contributed by atoms with E-state index in [1.54, 1.807) is 0 Å². The van der Waals surface area contributed by atoms with Crippen LogP contribution in [0.5, 0.6) is 0 Å². The summed E-state index contributed by atoms with van der Waals surface area (Å²) in [6.07, 6.45) is 5.84. The van der Waals surface area contributed by atoms with Gasteiger partial charge in [-0.25, -0.2) is 0 Å². The molecule has 1 atom stereocenters. The minimum Gasteiger partial charge on any atom is -0.372 e. The summed E-state index contributed by atoms with van der Waals surface area (Å²) in [5.74, 6) is 1.12. The number of nitrogens with one attached hydrogen (secondary N) is 3. The fourth-order valence-corrected chi connectivity index (χ4v) is 1.82. The Morgan fingerprint density at radius 3 is 3.23 bits per heavy atom. The first-order chi connectivity index (χ1) is 6.45. The zero-order valence-electron chi connectivity index (χ0n) is 7.84. The molecule has 3 nitrogen and oxygen atoms in total. The summed E-state index contributed by atoms with van der Waals surface area (Å²) in [4.78, 5) is 3.13. The molecular weight excluding hydrogens is 162 g/mol. The van der Waals surface area contributed by atoms with Crippen LogP contribution in [0.2, 0.25) is 0 Å². The molecular formula is C10H17N3. The van der Waals surface area contributed by atoms with Crippen LogP contribution in [0, 0.1) is 0 Å². The van der Waals surface area contributed by atoms with Gasteiger partial charge in [0, 0.05) is 18.8 Å². The second-order valence-electron chi connectivity index (χ2n) is 3.59. The highest BCUT2D eigenvalue weighted by Crippen LogP contribution is 2.09. The van der Waals surface area contributed by atoms with Gasteiger partial charge in [0.05, 0.1) is 0 Å². The molecule has 0 saturated carbocycles. The molecule has 72 valence electrons. The molecule has 1 fully saturated rings. The maximum absolute atomic E-state index is 3.49. The van der Waals surface area contributed by atoms with E-state index >= 15 is 0 Å². The SMILES string of the molecule is c1c[nH]c(NCCC2CCCN2)c1. The van der Waals surface area contributed by atoms with Crippen molar-refractivity contribution in [1.29, 1.82) is 0 Å². The third-order valence-corrected chi connectivity index (χ3v) is 2.57. The van der Waals surface area contributed by atoms with Crippen LogP contribution in [0.25, 0.3) is 0 Å². The molecule has 2 heterocycles. The molecule has 1 saturated heterocycles. The Labute approximate surface area is 78.9 Å². The van der Waals surface area contributed by atoms with E-state index in [-0.39, 0.29) is 0 Å². The third-order valence-electron chi connectivity index (χ3n) is 2.57. The molecule has 1 aliphatic rings. The van der Waals surface area contributed by atoms with Gasteiger partial charge in [-0.15, -0.1) is 0 Å². The van der Waals surface area contributed by atoms with Crippen LogP contribution < -0.4 is 10.6 Å². The number of aromatic nitrogens is 1. The molecule has 0 aromatic carbocycles. The number of H-pyrrole nitrogens is 1. The minimum absolute atomic E-state index is 0.738. The molecule has 0 bridgehead atoms. The average molecular weight is 179 g/mol. The van der Waals surface area contributed by atoms with Gasteiger partial charge < -0.3 is 15.6 Å². The quantitative estimate of drug-likeness (QED) is 0.656. The predicted octanol–water partition coefficient (Wildman–Crippen LogP) is 1.57. The van der Waals surface area contributed by atoms with Crippen LogP contribution >= 0.6 is 0 Å². The second kappa shape index (κ2) is 4.33. The van der Waals surface area contributed by atoms with Crippen LogP contribution in [-0.4, -0.2) is 24.1 Å². The molecule has 0 amide bonds. The van der Waals surface area contributed by atoms with Crippen molar-refractivity contribution in [3.63, 3.8) is 0 Å². The van der Waals surface area contributed by atoms with Gasteiger partial charge in [0.1, 0.15) is 5.82 Å². The van der Waals surface area contributed by atoms with Crippen molar-refractivity contribution in [1.82, 2.24) is 10.3 Å². The van der Waals surface area contributed by atoms with Gasteiger partial charge in [-0.05, 0) is 37.9 Å². The summed E-state index contributed by atoms with van der Waals surface area (Å²) in [7, 11) is 0. The Morgan fingerprint density at radius 1 is 1.54 bits per heavy atom. The highest BCUT2D eigenvalue weighted by Gasteiger charge is 2.12. The summed E-state index contributed by atoms with van der Waals surface area (Å²) in [5.41, 5.74) is 0. The van der Waals surface area contributed by atoms with Gasteiger partial charge in [0.25, 0.3) is 0 Å².